The number of hydrogen-bond acceptors (Lipinski definition) is 6. The second kappa shape index (κ2) is 9.90. The van der Waals surface area contributed by atoms with Crippen LogP contribution in [0.3, 0.4) is 0 Å². The monoisotopic (exact) mass is 557 g/mol. The first-order valence-corrected chi connectivity index (χ1v) is 13.9. The fourth-order valence-electron chi connectivity index (χ4n) is 6.49. The van der Waals surface area contributed by atoms with Crippen molar-refractivity contribution in [2.75, 3.05) is 29.9 Å². The lowest BCUT2D eigenvalue weighted by Crippen LogP contribution is -2.36. The zero-order chi connectivity index (χ0) is 28.2. The van der Waals surface area contributed by atoms with Crippen molar-refractivity contribution in [3.8, 4) is 0 Å². The van der Waals surface area contributed by atoms with Crippen LogP contribution in [0.25, 0.3) is 5.65 Å². The number of carbonyl (C=O) groups excluding carboxylic acids is 2. The molecule has 2 aromatic carbocycles. The van der Waals surface area contributed by atoms with Crippen molar-refractivity contribution < 1.29 is 18.4 Å². The van der Waals surface area contributed by atoms with Gasteiger partial charge in [-0.3, -0.25) is 14.0 Å². The van der Waals surface area contributed by atoms with Crippen molar-refractivity contribution in [1.82, 2.24) is 24.5 Å². The van der Waals surface area contributed by atoms with Crippen LogP contribution in [-0.2, 0) is 4.79 Å². The predicted octanol–water partition coefficient (Wildman–Crippen LogP) is 4.58. The number of halogens is 2. The van der Waals surface area contributed by atoms with E-state index in [1.807, 2.05) is 34.1 Å². The zero-order valence-corrected chi connectivity index (χ0v) is 22.5. The molecule has 1 saturated carbocycles. The Kier molecular flexibility index (Phi) is 6.17. The highest BCUT2D eigenvalue weighted by Crippen LogP contribution is 2.57. The lowest BCUT2D eigenvalue weighted by Gasteiger charge is -2.31. The number of aromatic nitrogens is 4. The second-order valence-electron chi connectivity index (χ2n) is 11.3. The molecule has 4 heterocycles. The molecule has 4 aromatic rings. The van der Waals surface area contributed by atoms with E-state index >= 15 is 0 Å². The molecule has 7 rings (SSSR count). The number of fused-ring (bicyclic) bond motifs is 2. The number of nitrogens with one attached hydrogen (secondary N) is 1. The van der Waals surface area contributed by atoms with Crippen molar-refractivity contribution >= 4 is 29.0 Å². The summed E-state index contributed by atoms with van der Waals surface area (Å²) in [6.45, 7) is 3.79. The van der Waals surface area contributed by atoms with Gasteiger partial charge in [0.1, 0.15) is 17.5 Å². The number of piperidine rings is 2. The van der Waals surface area contributed by atoms with E-state index in [1.54, 1.807) is 17.5 Å². The summed E-state index contributed by atoms with van der Waals surface area (Å²) in [5.41, 5.74) is 2.55. The van der Waals surface area contributed by atoms with Gasteiger partial charge in [-0.05, 0) is 72.9 Å². The minimum Gasteiger partial charge on any atom is -0.348 e. The predicted molar refractivity (Wildman–Crippen MR) is 147 cm³/mol. The van der Waals surface area contributed by atoms with Gasteiger partial charge < -0.3 is 15.1 Å². The first-order chi connectivity index (χ1) is 19.9. The summed E-state index contributed by atoms with van der Waals surface area (Å²) >= 11 is 0. The van der Waals surface area contributed by atoms with Gasteiger partial charge in [0.2, 0.25) is 11.7 Å². The fourth-order valence-corrected chi connectivity index (χ4v) is 6.49. The van der Waals surface area contributed by atoms with Gasteiger partial charge in [-0.15, -0.1) is 10.2 Å². The second-order valence-corrected chi connectivity index (χ2v) is 11.3. The molecule has 2 aromatic heterocycles. The average Bonchev–Trinajstić information content (AvgIpc) is 3.44. The molecule has 210 valence electrons. The molecule has 2 saturated heterocycles. The van der Waals surface area contributed by atoms with E-state index < -0.39 is 17.5 Å². The highest BCUT2D eigenvalue weighted by molar-refractivity contribution is 6.02. The summed E-state index contributed by atoms with van der Waals surface area (Å²) in [5.74, 6) is 0.435. The highest BCUT2D eigenvalue weighted by atomic mass is 19.1. The van der Waals surface area contributed by atoms with Gasteiger partial charge >= 0.3 is 0 Å². The number of likely N-dealkylation sites (tertiary alicyclic amines) is 1. The largest absolute Gasteiger partial charge is 0.348 e. The Morgan fingerprint density at radius 2 is 1.80 bits per heavy atom. The van der Waals surface area contributed by atoms with Crippen LogP contribution in [-0.4, -0.2) is 55.9 Å². The van der Waals surface area contributed by atoms with Gasteiger partial charge in [-0.25, -0.2) is 13.8 Å². The van der Waals surface area contributed by atoms with E-state index in [-0.39, 0.29) is 23.7 Å². The number of anilines is 2. The van der Waals surface area contributed by atoms with Crippen LogP contribution in [0.4, 0.5) is 20.3 Å². The van der Waals surface area contributed by atoms with E-state index in [1.165, 1.54) is 23.9 Å². The first kappa shape index (κ1) is 25.6. The van der Waals surface area contributed by atoms with Gasteiger partial charge in [-0.1, -0.05) is 12.1 Å². The van der Waals surface area contributed by atoms with Gasteiger partial charge in [0.25, 0.3) is 5.91 Å². The standard InChI is InChI=1S/C30H29F2N7O2/c1-17(40)37-10-8-19(9-11-37)18-2-5-22(6-3-18)34-30(41)29-36-35-26-14-33-27(16-39(26)29)38-15-20-12-23(20)28(38)24-13-21(31)4-7-25(24)32/h2-7,13-14,16,19-20,23,28H,8-12,15H2,1H3,(H,34,41)/t20?,23?,28-/m1/s1. The molecule has 0 radical (unpaired) electrons. The number of hydrogen-bond donors (Lipinski definition) is 1. The summed E-state index contributed by atoms with van der Waals surface area (Å²) in [4.78, 5) is 33.2. The quantitative estimate of drug-likeness (QED) is 0.386. The van der Waals surface area contributed by atoms with Crippen LogP contribution >= 0.6 is 0 Å². The van der Waals surface area contributed by atoms with Gasteiger partial charge in [0, 0.05) is 37.8 Å². The van der Waals surface area contributed by atoms with E-state index in [0.29, 0.717) is 41.1 Å². The molecule has 3 atom stereocenters. The van der Waals surface area contributed by atoms with Crippen LogP contribution < -0.4 is 10.2 Å². The Labute approximate surface area is 235 Å². The first-order valence-electron chi connectivity index (χ1n) is 13.9. The third-order valence-corrected chi connectivity index (χ3v) is 8.78. The summed E-state index contributed by atoms with van der Waals surface area (Å²) in [6, 6.07) is 11.0. The molecule has 41 heavy (non-hydrogen) atoms. The summed E-state index contributed by atoms with van der Waals surface area (Å²) in [6.07, 6.45) is 6.03. The maximum Gasteiger partial charge on any atom is 0.293 e. The number of nitrogens with zero attached hydrogens (tertiary/aromatic N) is 6. The fraction of sp³-hybridized carbons (Fsp3) is 0.367. The summed E-state index contributed by atoms with van der Waals surface area (Å²) in [5, 5.41) is 11.1. The van der Waals surface area contributed by atoms with Crippen LogP contribution in [0.15, 0.2) is 54.9 Å². The molecular weight excluding hydrogens is 528 g/mol. The van der Waals surface area contributed by atoms with Crippen LogP contribution in [0.5, 0.6) is 0 Å². The molecule has 3 fully saturated rings. The Hall–Kier alpha value is -4.41. The molecule has 3 aliphatic rings. The van der Waals surface area contributed by atoms with E-state index in [2.05, 4.69) is 20.5 Å². The molecule has 0 spiro atoms. The molecule has 9 nitrogen and oxygen atoms in total. The Balaban J connectivity index is 1.09. The van der Waals surface area contributed by atoms with Gasteiger partial charge in [0.05, 0.1) is 18.4 Å². The zero-order valence-electron chi connectivity index (χ0n) is 22.5. The minimum absolute atomic E-state index is 0.0992. The number of carbonyl (C=O) groups is 2. The number of benzene rings is 2. The van der Waals surface area contributed by atoms with Crippen molar-refractivity contribution in [3.05, 3.63) is 83.4 Å². The third kappa shape index (κ3) is 4.68. The number of rotatable bonds is 5. The van der Waals surface area contributed by atoms with Crippen LogP contribution in [0, 0.1) is 23.5 Å². The SMILES string of the molecule is CC(=O)N1CCC(c2ccc(NC(=O)c3nnc4cnc(N5CC6CC6[C@@H]5c5cc(F)ccc5F)cn34)cc2)CC1. The van der Waals surface area contributed by atoms with E-state index in [9.17, 15) is 18.4 Å². The maximum atomic E-state index is 14.8. The summed E-state index contributed by atoms with van der Waals surface area (Å²) < 4.78 is 30.4. The van der Waals surface area contributed by atoms with Gasteiger partial charge in [0.15, 0.2) is 5.65 Å². The molecular formula is C30H29F2N7O2. The minimum atomic E-state index is -0.474. The summed E-state index contributed by atoms with van der Waals surface area (Å²) in [7, 11) is 0. The van der Waals surface area contributed by atoms with Gasteiger partial charge in [-0.2, -0.15) is 0 Å². The third-order valence-electron chi connectivity index (χ3n) is 8.78. The molecule has 2 unspecified atom stereocenters. The van der Waals surface area contributed by atoms with Crippen molar-refractivity contribution in [2.24, 2.45) is 11.8 Å². The van der Waals surface area contributed by atoms with Crippen molar-refractivity contribution in [3.63, 3.8) is 0 Å². The Bertz CT molecular complexity index is 1650. The molecule has 0 bridgehead atoms. The average molecular weight is 558 g/mol. The molecule has 2 aliphatic heterocycles. The highest BCUT2D eigenvalue weighted by Gasteiger charge is 2.54. The Morgan fingerprint density at radius 3 is 2.56 bits per heavy atom. The molecule has 1 N–H and O–H groups in total. The van der Waals surface area contributed by atoms with Crippen molar-refractivity contribution in [2.45, 2.75) is 38.1 Å². The lowest BCUT2D eigenvalue weighted by molar-refractivity contribution is -0.129. The van der Waals surface area contributed by atoms with E-state index in [4.69, 9.17) is 0 Å². The molecule has 1 aliphatic carbocycles. The number of amides is 2. The van der Waals surface area contributed by atoms with Crippen LogP contribution in [0.1, 0.15) is 59.9 Å². The van der Waals surface area contributed by atoms with Crippen LogP contribution in [0.2, 0.25) is 0 Å². The Morgan fingerprint density at radius 1 is 1.02 bits per heavy atom. The maximum absolute atomic E-state index is 14.8. The van der Waals surface area contributed by atoms with E-state index in [0.717, 1.165) is 38.4 Å². The molecule has 2 amide bonds. The topological polar surface area (TPSA) is 95.7 Å². The normalized spacial score (nSPS) is 22.2. The molecule has 11 heteroatoms. The van der Waals surface area contributed by atoms with Crippen molar-refractivity contribution in [1.29, 1.82) is 0 Å². The smallest absolute Gasteiger partial charge is 0.293 e. The lowest BCUT2D eigenvalue weighted by atomic mass is 9.89.